The monoisotopic (exact) mass is 376 g/mol. The second-order valence-corrected chi connectivity index (χ2v) is 8.58. The van der Waals surface area contributed by atoms with E-state index < -0.39 is 0 Å². The van der Waals surface area contributed by atoms with Crippen LogP contribution < -0.4 is 4.74 Å². The molecule has 0 radical (unpaired) electrons. The molecule has 1 nitrogen and oxygen atoms in total. The summed E-state index contributed by atoms with van der Waals surface area (Å²) in [7, 11) is 0. The van der Waals surface area contributed by atoms with Crippen LogP contribution in [0.1, 0.15) is 103 Å². The number of hydrogen-bond acceptors (Lipinski definition) is 1. The summed E-state index contributed by atoms with van der Waals surface area (Å²) >= 11 is 0. The summed E-state index contributed by atoms with van der Waals surface area (Å²) in [4.78, 5) is 0. The molecule has 0 amide bonds. The molecule has 1 aliphatic rings. The van der Waals surface area contributed by atoms with Crippen LogP contribution in [0.2, 0.25) is 0 Å². The third-order valence-electron chi connectivity index (χ3n) is 6.28. The summed E-state index contributed by atoms with van der Waals surface area (Å²) in [5.41, 5.74) is 0.825. The Morgan fingerprint density at radius 1 is 0.852 bits per heavy atom. The molecule has 0 atom stereocenters. The van der Waals surface area contributed by atoms with Gasteiger partial charge < -0.3 is 4.74 Å². The molecule has 0 unspecified atom stereocenters. The minimum Gasteiger partial charge on any atom is -0.493 e. The van der Waals surface area contributed by atoms with Crippen LogP contribution >= 0.6 is 0 Å². The number of hydrogen-bond donors (Lipinski definition) is 0. The van der Waals surface area contributed by atoms with Gasteiger partial charge >= 0.3 is 0 Å². The average molecular weight is 377 g/mol. The summed E-state index contributed by atoms with van der Waals surface area (Å²) in [5.74, 6) is 2.45. The highest BCUT2D eigenvalue weighted by molar-refractivity contribution is 5.29. The van der Waals surface area contributed by atoms with Crippen molar-refractivity contribution in [3.8, 4) is 5.75 Å². The van der Waals surface area contributed by atoms with E-state index in [1.165, 1.54) is 70.6 Å². The van der Waals surface area contributed by atoms with E-state index in [4.69, 9.17) is 4.74 Å². The van der Waals surface area contributed by atoms with Gasteiger partial charge in [-0.15, -0.1) is 0 Å². The molecular weight excluding hydrogens is 335 g/mol. The van der Waals surface area contributed by atoms with E-state index in [-0.39, 0.29) is 5.82 Å². The third-order valence-corrected chi connectivity index (χ3v) is 6.28. The average Bonchev–Trinajstić information content (AvgIpc) is 2.68. The van der Waals surface area contributed by atoms with Gasteiger partial charge in [0.15, 0.2) is 0 Å². The Labute approximate surface area is 167 Å². The lowest BCUT2D eigenvalue weighted by Crippen LogP contribution is -2.15. The maximum Gasteiger partial charge on any atom is 0.130 e. The van der Waals surface area contributed by atoms with Crippen molar-refractivity contribution in [2.45, 2.75) is 104 Å². The highest BCUT2D eigenvalue weighted by atomic mass is 19.1. The van der Waals surface area contributed by atoms with Gasteiger partial charge in [0.1, 0.15) is 11.6 Å². The van der Waals surface area contributed by atoms with Crippen LogP contribution in [0, 0.1) is 17.7 Å². The largest absolute Gasteiger partial charge is 0.493 e. The zero-order valence-corrected chi connectivity index (χ0v) is 17.8. The maximum absolute atomic E-state index is 14.1. The van der Waals surface area contributed by atoms with Gasteiger partial charge in [0.2, 0.25) is 0 Å². The first-order valence-electron chi connectivity index (χ1n) is 11.6. The number of unbranched alkanes of at least 4 members (excludes halogenated alkanes) is 4. The molecule has 0 N–H and O–H groups in total. The first-order chi connectivity index (χ1) is 13.2. The number of benzene rings is 1. The first-order valence-corrected chi connectivity index (χ1v) is 11.6. The van der Waals surface area contributed by atoms with Crippen molar-refractivity contribution in [3.63, 3.8) is 0 Å². The number of rotatable bonds is 13. The van der Waals surface area contributed by atoms with Crippen molar-refractivity contribution in [2.75, 3.05) is 6.61 Å². The molecule has 154 valence electrons. The minimum atomic E-state index is -0.106. The molecule has 1 aromatic rings. The van der Waals surface area contributed by atoms with Gasteiger partial charge in [-0.2, -0.15) is 0 Å². The standard InChI is InChI=1S/C25H41FO/c1-3-5-7-10-21-13-15-22(16-14-21)11-9-19-27-24-18-17-23(25(26)20-24)12-8-6-4-2/h17-18,20-22H,3-16,19H2,1-2H3. The SMILES string of the molecule is CCCCCc1ccc(OCCCC2CCC(CCCCC)CC2)cc1F. The first kappa shape index (κ1) is 22.2. The Kier molecular flexibility index (Phi) is 10.9. The van der Waals surface area contributed by atoms with E-state index >= 15 is 0 Å². The van der Waals surface area contributed by atoms with Crippen LogP contribution in [-0.2, 0) is 6.42 Å². The second kappa shape index (κ2) is 13.2. The van der Waals surface area contributed by atoms with Crippen LogP contribution in [0.5, 0.6) is 5.75 Å². The molecule has 2 heteroatoms. The van der Waals surface area contributed by atoms with Crippen LogP contribution in [0.3, 0.4) is 0 Å². The Hall–Kier alpha value is -1.05. The quantitative estimate of drug-likeness (QED) is 0.316. The molecule has 0 saturated heterocycles. The van der Waals surface area contributed by atoms with Crippen molar-refractivity contribution in [1.82, 2.24) is 0 Å². The molecular formula is C25H41FO. The molecule has 0 aromatic heterocycles. The summed E-state index contributed by atoms with van der Waals surface area (Å²) < 4.78 is 20.0. The van der Waals surface area contributed by atoms with Gasteiger partial charge in [-0.1, -0.05) is 84.1 Å². The molecule has 0 aliphatic heterocycles. The molecule has 0 bridgehead atoms. The van der Waals surface area contributed by atoms with Gasteiger partial charge in [-0.25, -0.2) is 4.39 Å². The van der Waals surface area contributed by atoms with E-state index in [0.717, 1.165) is 36.7 Å². The van der Waals surface area contributed by atoms with E-state index in [0.29, 0.717) is 12.4 Å². The van der Waals surface area contributed by atoms with E-state index in [1.54, 1.807) is 6.07 Å². The van der Waals surface area contributed by atoms with Crippen molar-refractivity contribution in [3.05, 3.63) is 29.6 Å². The van der Waals surface area contributed by atoms with Crippen molar-refractivity contribution >= 4 is 0 Å². The van der Waals surface area contributed by atoms with Crippen LogP contribution in [0.15, 0.2) is 18.2 Å². The molecule has 1 saturated carbocycles. The summed E-state index contributed by atoms with van der Waals surface area (Å²) in [6.45, 7) is 5.17. The number of ether oxygens (including phenoxy) is 1. The van der Waals surface area contributed by atoms with Gasteiger partial charge in [0, 0.05) is 6.07 Å². The Balaban J connectivity index is 1.58. The minimum absolute atomic E-state index is 0.106. The molecule has 1 aromatic carbocycles. The summed E-state index contributed by atoms with van der Waals surface area (Å²) in [6, 6.07) is 5.41. The Morgan fingerprint density at radius 2 is 1.48 bits per heavy atom. The molecule has 1 aliphatic carbocycles. The van der Waals surface area contributed by atoms with E-state index in [9.17, 15) is 4.39 Å². The van der Waals surface area contributed by atoms with Crippen LogP contribution in [0.4, 0.5) is 4.39 Å². The highest BCUT2D eigenvalue weighted by Crippen LogP contribution is 2.34. The van der Waals surface area contributed by atoms with E-state index in [2.05, 4.69) is 13.8 Å². The Morgan fingerprint density at radius 3 is 2.11 bits per heavy atom. The van der Waals surface area contributed by atoms with Gasteiger partial charge in [-0.05, 0) is 49.1 Å². The normalized spacial score (nSPS) is 20.0. The van der Waals surface area contributed by atoms with Crippen molar-refractivity contribution < 1.29 is 9.13 Å². The fourth-order valence-corrected chi connectivity index (χ4v) is 4.44. The molecule has 0 heterocycles. The van der Waals surface area contributed by atoms with Crippen molar-refractivity contribution in [2.24, 2.45) is 11.8 Å². The number of aryl methyl sites for hydroxylation is 1. The third kappa shape index (κ3) is 8.66. The maximum atomic E-state index is 14.1. The fraction of sp³-hybridized carbons (Fsp3) is 0.760. The van der Waals surface area contributed by atoms with Crippen LogP contribution in [0.25, 0.3) is 0 Å². The summed E-state index contributed by atoms with van der Waals surface area (Å²) in [6.07, 6.45) is 17.9. The lowest BCUT2D eigenvalue weighted by atomic mass is 9.78. The molecule has 1 fully saturated rings. The zero-order chi connectivity index (χ0) is 19.3. The Bertz CT molecular complexity index is 505. The lowest BCUT2D eigenvalue weighted by Gasteiger charge is -2.28. The van der Waals surface area contributed by atoms with Crippen molar-refractivity contribution in [1.29, 1.82) is 0 Å². The van der Waals surface area contributed by atoms with E-state index in [1.807, 2.05) is 12.1 Å². The fourth-order valence-electron chi connectivity index (χ4n) is 4.44. The van der Waals surface area contributed by atoms with Gasteiger partial charge in [0.25, 0.3) is 0 Å². The second-order valence-electron chi connectivity index (χ2n) is 8.58. The summed E-state index contributed by atoms with van der Waals surface area (Å²) in [5, 5.41) is 0. The van der Waals surface area contributed by atoms with Crippen LogP contribution in [-0.4, -0.2) is 6.61 Å². The smallest absolute Gasteiger partial charge is 0.130 e. The van der Waals surface area contributed by atoms with Gasteiger partial charge in [-0.3, -0.25) is 0 Å². The lowest BCUT2D eigenvalue weighted by molar-refractivity contribution is 0.228. The number of halogens is 1. The highest BCUT2D eigenvalue weighted by Gasteiger charge is 2.20. The predicted octanol–water partition coefficient (Wildman–Crippen LogP) is 8.10. The molecule has 27 heavy (non-hydrogen) atoms. The van der Waals surface area contributed by atoms with Gasteiger partial charge in [0.05, 0.1) is 6.61 Å². The predicted molar refractivity (Wildman–Crippen MR) is 114 cm³/mol. The molecule has 2 rings (SSSR count). The zero-order valence-electron chi connectivity index (χ0n) is 17.8. The molecule has 0 spiro atoms. The topological polar surface area (TPSA) is 9.23 Å².